The summed E-state index contributed by atoms with van der Waals surface area (Å²) in [5.74, 6) is 2.61. The van der Waals surface area contributed by atoms with Crippen molar-refractivity contribution in [3.8, 4) is 11.5 Å². The largest absolute Gasteiger partial charge is 0.462 e. The number of H-pyrrole nitrogens is 1. The number of ketones is 1. The highest BCUT2D eigenvalue weighted by Crippen LogP contribution is 2.16. The second kappa shape index (κ2) is 7.93. The van der Waals surface area contributed by atoms with Crippen LogP contribution in [0.2, 0.25) is 19.6 Å². The highest BCUT2D eigenvalue weighted by Gasteiger charge is 2.12. The van der Waals surface area contributed by atoms with Gasteiger partial charge in [-0.05, 0) is 32.8 Å². The van der Waals surface area contributed by atoms with Crippen molar-refractivity contribution in [1.29, 1.82) is 0 Å². The summed E-state index contributed by atoms with van der Waals surface area (Å²) in [6.07, 6.45) is 5.09. The van der Waals surface area contributed by atoms with Crippen molar-refractivity contribution < 1.29 is 14.3 Å². The van der Waals surface area contributed by atoms with Crippen molar-refractivity contribution in [1.82, 2.24) is 9.97 Å². The second-order valence-corrected chi connectivity index (χ2v) is 12.0. The van der Waals surface area contributed by atoms with Crippen molar-refractivity contribution in [3.63, 3.8) is 0 Å². The first-order chi connectivity index (χ1) is 11.0. The number of aromatic nitrogens is 2. The van der Waals surface area contributed by atoms with E-state index in [0.717, 1.165) is 10.9 Å². The minimum absolute atomic E-state index is 0.133. The van der Waals surface area contributed by atoms with E-state index < -0.39 is 8.07 Å². The van der Waals surface area contributed by atoms with Gasteiger partial charge in [-0.1, -0.05) is 19.6 Å². The lowest BCUT2D eigenvalue weighted by Crippen LogP contribution is -2.17. The lowest BCUT2D eigenvalue weighted by Gasteiger charge is -2.14. The molecule has 128 valence electrons. The molecule has 0 aromatic carbocycles. The molecule has 0 aliphatic carbocycles. The van der Waals surface area contributed by atoms with E-state index in [0.29, 0.717) is 12.0 Å². The summed E-state index contributed by atoms with van der Waals surface area (Å²) in [6, 6.07) is 1.85. The van der Waals surface area contributed by atoms with Crippen LogP contribution >= 0.6 is 0 Å². The van der Waals surface area contributed by atoms with E-state index in [1.165, 1.54) is 0 Å². The van der Waals surface area contributed by atoms with E-state index in [-0.39, 0.29) is 11.4 Å². The molecule has 0 fully saturated rings. The van der Waals surface area contributed by atoms with E-state index in [4.69, 9.17) is 0 Å². The van der Waals surface area contributed by atoms with Crippen LogP contribution in [-0.4, -0.2) is 35.9 Å². The number of Topliss-reactive ketones (excluding diaryl/α,β-unsaturated/α-hetero) is 1. The van der Waals surface area contributed by atoms with E-state index >= 15 is 0 Å². The standard InChI is InChI=1S/C13H14N2OSi.C5H10O2/c1-17(2,3)7-5-13(16)11-9-15-12-4-6-14-8-10(11)12;1-5(2,3)7-4-6/h4,6,8-9,15H,1-3H3;4H,1-3H3. The molecule has 5 nitrogen and oxygen atoms in total. The highest BCUT2D eigenvalue weighted by molar-refractivity contribution is 6.84. The Morgan fingerprint density at radius 3 is 2.50 bits per heavy atom. The third-order valence-corrected chi connectivity index (χ3v) is 3.56. The van der Waals surface area contributed by atoms with E-state index in [9.17, 15) is 9.59 Å². The second-order valence-electron chi connectivity index (χ2n) is 7.28. The van der Waals surface area contributed by atoms with Crippen LogP contribution in [0.15, 0.2) is 24.7 Å². The number of nitrogens with one attached hydrogen (secondary N) is 1. The van der Waals surface area contributed by atoms with Crippen LogP contribution in [0.4, 0.5) is 0 Å². The van der Waals surface area contributed by atoms with E-state index in [1.807, 2.05) is 26.8 Å². The zero-order chi connectivity index (χ0) is 18.4. The highest BCUT2D eigenvalue weighted by atomic mass is 28.3. The maximum atomic E-state index is 12.0. The van der Waals surface area contributed by atoms with Crippen LogP contribution in [0.3, 0.4) is 0 Å². The van der Waals surface area contributed by atoms with Gasteiger partial charge in [-0.3, -0.25) is 14.6 Å². The quantitative estimate of drug-likeness (QED) is 0.391. The monoisotopic (exact) mass is 344 g/mol. The number of hydrogen-bond donors (Lipinski definition) is 1. The first kappa shape index (κ1) is 19.7. The Bertz CT molecular complexity index is 771. The topological polar surface area (TPSA) is 72.1 Å². The number of rotatable bonds is 2. The Labute approximate surface area is 143 Å². The van der Waals surface area contributed by atoms with Gasteiger partial charge in [0.1, 0.15) is 13.7 Å². The molecular weight excluding hydrogens is 320 g/mol. The fourth-order valence-corrected chi connectivity index (χ4v) is 2.09. The Hall–Kier alpha value is -2.39. The number of carbonyl (C=O) groups excluding carboxylic acids is 2. The molecule has 0 saturated heterocycles. The molecule has 2 rings (SSSR count). The molecule has 0 atom stereocenters. The number of nitrogens with zero attached hydrogens (tertiary/aromatic N) is 1. The van der Waals surface area contributed by atoms with Gasteiger partial charge < -0.3 is 9.72 Å². The van der Waals surface area contributed by atoms with Gasteiger partial charge in [-0.15, -0.1) is 5.54 Å². The minimum Gasteiger partial charge on any atom is -0.462 e. The summed E-state index contributed by atoms with van der Waals surface area (Å²) in [5, 5.41) is 0.836. The zero-order valence-corrected chi connectivity index (χ0v) is 16.1. The number of carbonyl (C=O) groups is 2. The summed E-state index contributed by atoms with van der Waals surface area (Å²) in [6.45, 7) is 12.3. The molecule has 0 aliphatic rings. The summed E-state index contributed by atoms with van der Waals surface area (Å²) < 4.78 is 4.55. The summed E-state index contributed by atoms with van der Waals surface area (Å²) >= 11 is 0. The molecule has 0 unspecified atom stereocenters. The third-order valence-electron chi connectivity index (χ3n) is 2.68. The molecule has 24 heavy (non-hydrogen) atoms. The number of ether oxygens (including phenoxy) is 1. The Balaban J connectivity index is 0.000000351. The molecule has 2 aromatic rings. The summed E-state index contributed by atoms with van der Waals surface area (Å²) in [5.41, 5.74) is 4.29. The zero-order valence-electron chi connectivity index (χ0n) is 15.1. The van der Waals surface area contributed by atoms with Crippen molar-refractivity contribution >= 4 is 31.2 Å². The molecule has 0 radical (unpaired) electrons. The molecule has 0 bridgehead atoms. The lowest BCUT2D eigenvalue weighted by atomic mass is 10.1. The maximum Gasteiger partial charge on any atom is 0.293 e. The molecule has 0 amide bonds. The van der Waals surface area contributed by atoms with Crippen molar-refractivity contribution in [3.05, 3.63) is 30.2 Å². The lowest BCUT2D eigenvalue weighted by molar-refractivity contribution is -0.138. The van der Waals surface area contributed by atoms with Crippen LogP contribution in [0.25, 0.3) is 10.9 Å². The van der Waals surface area contributed by atoms with Gasteiger partial charge in [0.15, 0.2) is 0 Å². The summed E-state index contributed by atoms with van der Waals surface area (Å²) in [7, 11) is -1.51. The normalized spacial score (nSPS) is 10.9. The first-order valence-electron chi connectivity index (χ1n) is 7.63. The number of pyridine rings is 1. The van der Waals surface area contributed by atoms with Gasteiger partial charge in [0.25, 0.3) is 6.47 Å². The Morgan fingerprint density at radius 2 is 2.00 bits per heavy atom. The van der Waals surface area contributed by atoms with Gasteiger partial charge >= 0.3 is 0 Å². The van der Waals surface area contributed by atoms with Crippen LogP contribution in [0.5, 0.6) is 0 Å². The molecular formula is C18H24N2O3Si. The predicted molar refractivity (Wildman–Crippen MR) is 98.4 cm³/mol. The fourth-order valence-electron chi connectivity index (χ4n) is 1.61. The summed E-state index contributed by atoms with van der Waals surface area (Å²) in [4.78, 5) is 28.6. The average Bonchev–Trinajstić information content (AvgIpc) is 2.87. The molecule has 0 spiro atoms. The number of aromatic amines is 1. The van der Waals surface area contributed by atoms with Crippen molar-refractivity contribution in [2.45, 2.75) is 46.0 Å². The predicted octanol–water partition coefficient (Wildman–Crippen LogP) is 3.58. The van der Waals surface area contributed by atoms with E-state index in [1.54, 1.807) is 18.6 Å². The number of hydrogen-bond acceptors (Lipinski definition) is 4. The molecule has 0 saturated carbocycles. The molecule has 6 heteroatoms. The molecule has 2 aromatic heterocycles. The minimum atomic E-state index is -1.51. The number of fused-ring (bicyclic) bond motifs is 1. The fraction of sp³-hybridized carbons (Fsp3) is 0.389. The van der Waals surface area contributed by atoms with E-state index in [2.05, 4.69) is 45.8 Å². The van der Waals surface area contributed by atoms with Crippen LogP contribution in [-0.2, 0) is 9.53 Å². The van der Waals surface area contributed by atoms with Crippen molar-refractivity contribution in [2.75, 3.05) is 0 Å². The molecule has 2 heterocycles. The van der Waals surface area contributed by atoms with Crippen LogP contribution < -0.4 is 0 Å². The van der Waals surface area contributed by atoms with Gasteiger partial charge in [-0.25, -0.2) is 0 Å². The van der Waals surface area contributed by atoms with Crippen LogP contribution in [0, 0.1) is 11.5 Å². The van der Waals surface area contributed by atoms with Crippen LogP contribution in [0.1, 0.15) is 31.1 Å². The van der Waals surface area contributed by atoms with Crippen molar-refractivity contribution in [2.24, 2.45) is 0 Å². The average molecular weight is 344 g/mol. The molecule has 0 aliphatic heterocycles. The smallest absolute Gasteiger partial charge is 0.293 e. The van der Waals surface area contributed by atoms with Gasteiger partial charge in [0.2, 0.25) is 5.78 Å². The third kappa shape index (κ3) is 6.80. The maximum absolute atomic E-state index is 12.0. The van der Waals surface area contributed by atoms with Gasteiger partial charge in [0.05, 0.1) is 5.56 Å². The SMILES string of the molecule is CC(C)(C)OC=O.C[Si](C)(C)C#CC(=O)c1c[nH]c2ccncc12. The Kier molecular flexibility index (Phi) is 6.49. The molecule has 1 N–H and O–H groups in total. The van der Waals surface area contributed by atoms with Gasteiger partial charge in [-0.2, -0.15) is 0 Å². The first-order valence-corrected chi connectivity index (χ1v) is 11.1. The Morgan fingerprint density at radius 1 is 1.33 bits per heavy atom. The van der Waals surface area contributed by atoms with Gasteiger partial charge in [0, 0.05) is 29.5 Å².